The van der Waals surface area contributed by atoms with E-state index in [-0.39, 0.29) is 16.5 Å². The maximum Gasteiger partial charge on any atom is 0.324 e. The van der Waals surface area contributed by atoms with Gasteiger partial charge in [0, 0.05) is 12.1 Å². The van der Waals surface area contributed by atoms with E-state index in [0.717, 1.165) is 22.0 Å². The van der Waals surface area contributed by atoms with Gasteiger partial charge >= 0.3 is 5.97 Å². The molecule has 0 amide bonds. The van der Waals surface area contributed by atoms with E-state index in [1.54, 1.807) is 12.1 Å². The van der Waals surface area contributed by atoms with E-state index in [9.17, 15) is 23.3 Å². The first-order valence-electron chi connectivity index (χ1n) is 7.72. The summed E-state index contributed by atoms with van der Waals surface area (Å²) in [6.45, 7) is 3.15. The summed E-state index contributed by atoms with van der Waals surface area (Å²) in [5.41, 5.74) is 0.747. The number of anilines is 1. The van der Waals surface area contributed by atoms with Crippen molar-refractivity contribution in [3.63, 3.8) is 0 Å². The number of sulfonamides is 1. The fraction of sp³-hybridized carbons (Fsp3) is 0.235. The SMILES string of the molecule is CC(C)c1ccc(N(CC(=O)O)S(=O)(=O)c2cccc([N+](=O)[O-])c2)cc1. The van der Waals surface area contributed by atoms with Gasteiger partial charge in [0.25, 0.3) is 15.7 Å². The summed E-state index contributed by atoms with van der Waals surface area (Å²) in [6.07, 6.45) is 0. The minimum absolute atomic E-state index is 0.170. The molecule has 0 bridgehead atoms. The highest BCUT2D eigenvalue weighted by atomic mass is 32.2. The van der Waals surface area contributed by atoms with Crippen LogP contribution in [0, 0.1) is 10.1 Å². The van der Waals surface area contributed by atoms with Crippen molar-refractivity contribution >= 4 is 27.4 Å². The van der Waals surface area contributed by atoms with Gasteiger partial charge in [-0.05, 0) is 29.7 Å². The van der Waals surface area contributed by atoms with Gasteiger partial charge in [0.2, 0.25) is 0 Å². The predicted molar refractivity (Wildman–Crippen MR) is 95.8 cm³/mol. The monoisotopic (exact) mass is 378 g/mol. The topological polar surface area (TPSA) is 118 Å². The lowest BCUT2D eigenvalue weighted by Gasteiger charge is -2.23. The first kappa shape index (κ1) is 19.4. The second-order valence-corrected chi connectivity index (χ2v) is 7.77. The van der Waals surface area contributed by atoms with E-state index in [0.29, 0.717) is 0 Å². The number of aliphatic carboxylic acids is 1. The second-order valence-electron chi connectivity index (χ2n) is 5.91. The lowest BCUT2D eigenvalue weighted by molar-refractivity contribution is -0.385. The predicted octanol–water partition coefficient (Wildman–Crippen LogP) is 3.00. The highest BCUT2D eigenvalue weighted by Crippen LogP contribution is 2.27. The zero-order chi connectivity index (χ0) is 19.5. The van der Waals surface area contributed by atoms with Gasteiger partial charge in [-0.25, -0.2) is 8.42 Å². The average Bonchev–Trinajstić information content (AvgIpc) is 2.59. The molecule has 2 aromatic rings. The third kappa shape index (κ3) is 4.17. The number of hydrogen-bond donors (Lipinski definition) is 1. The molecule has 9 heteroatoms. The molecule has 26 heavy (non-hydrogen) atoms. The lowest BCUT2D eigenvalue weighted by atomic mass is 10.0. The molecule has 0 atom stereocenters. The summed E-state index contributed by atoms with van der Waals surface area (Å²) >= 11 is 0. The number of nitro groups is 1. The molecule has 0 spiro atoms. The molecule has 0 heterocycles. The zero-order valence-corrected chi connectivity index (χ0v) is 15.0. The highest BCUT2D eigenvalue weighted by Gasteiger charge is 2.28. The Morgan fingerprint density at radius 2 is 1.81 bits per heavy atom. The van der Waals surface area contributed by atoms with Crippen molar-refractivity contribution in [2.75, 3.05) is 10.8 Å². The number of nitrogens with zero attached hydrogens (tertiary/aromatic N) is 2. The average molecular weight is 378 g/mol. The summed E-state index contributed by atoms with van der Waals surface area (Å²) in [7, 11) is -4.29. The molecular formula is C17H18N2O6S. The first-order chi connectivity index (χ1) is 12.1. The first-order valence-corrected chi connectivity index (χ1v) is 9.16. The minimum atomic E-state index is -4.29. The summed E-state index contributed by atoms with van der Waals surface area (Å²) in [4.78, 5) is 21.0. The molecule has 8 nitrogen and oxygen atoms in total. The number of benzene rings is 2. The second kappa shape index (κ2) is 7.52. The zero-order valence-electron chi connectivity index (χ0n) is 14.2. The molecule has 0 aliphatic heterocycles. The maximum absolute atomic E-state index is 12.9. The van der Waals surface area contributed by atoms with Gasteiger partial charge in [-0.1, -0.05) is 32.0 Å². The van der Waals surface area contributed by atoms with Crippen LogP contribution in [0.15, 0.2) is 53.4 Å². The van der Waals surface area contributed by atoms with Crippen LogP contribution >= 0.6 is 0 Å². The molecule has 2 rings (SSSR count). The molecule has 0 aliphatic rings. The third-order valence-electron chi connectivity index (χ3n) is 3.74. The Labute approximate surface area is 150 Å². The van der Waals surface area contributed by atoms with Gasteiger partial charge in [0.05, 0.1) is 15.5 Å². The van der Waals surface area contributed by atoms with Crippen LogP contribution in [-0.2, 0) is 14.8 Å². The van der Waals surface area contributed by atoms with E-state index in [1.165, 1.54) is 24.3 Å². The molecule has 2 aromatic carbocycles. The van der Waals surface area contributed by atoms with Gasteiger partial charge in [-0.2, -0.15) is 0 Å². The number of hydrogen-bond acceptors (Lipinski definition) is 5. The maximum atomic E-state index is 12.9. The number of carbonyl (C=O) groups is 1. The van der Waals surface area contributed by atoms with Crippen LogP contribution < -0.4 is 4.31 Å². The summed E-state index contributed by atoms with van der Waals surface area (Å²) in [6, 6.07) is 11.0. The molecule has 0 unspecified atom stereocenters. The molecule has 0 radical (unpaired) electrons. The van der Waals surface area contributed by atoms with Crippen molar-refractivity contribution in [3.8, 4) is 0 Å². The number of carboxylic acid groups (broad SMARTS) is 1. The summed E-state index contributed by atoms with van der Waals surface area (Å²) < 4.78 is 26.5. The van der Waals surface area contributed by atoms with Crippen molar-refractivity contribution in [1.82, 2.24) is 0 Å². The number of rotatable bonds is 7. The van der Waals surface area contributed by atoms with E-state index >= 15 is 0 Å². The highest BCUT2D eigenvalue weighted by molar-refractivity contribution is 7.92. The Bertz CT molecular complexity index is 923. The molecule has 138 valence electrons. The normalized spacial score (nSPS) is 11.3. The molecule has 0 saturated heterocycles. The lowest BCUT2D eigenvalue weighted by Crippen LogP contribution is -2.35. The minimum Gasteiger partial charge on any atom is -0.480 e. The van der Waals surface area contributed by atoms with Crippen molar-refractivity contribution in [3.05, 3.63) is 64.2 Å². The van der Waals surface area contributed by atoms with E-state index in [2.05, 4.69) is 0 Å². The smallest absolute Gasteiger partial charge is 0.324 e. The van der Waals surface area contributed by atoms with Crippen LogP contribution in [-0.4, -0.2) is 31.0 Å². The van der Waals surface area contributed by atoms with Gasteiger partial charge < -0.3 is 5.11 Å². The van der Waals surface area contributed by atoms with Crippen LogP contribution in [0.25, 0.3) is 0 Å². The largest absolute Gasteiger partial charge is 0.480 e. The van der Waals surface area contributed by atoms with Crippen molar-refractivity contribution < 1.29 is 23.2 Å². The molecule has 0 aliphatic carbocycles. The molecule has 0 fully saturated rings. The Hall–Kier alpha value is -2.94. The summed E-state index contributed by atoms with van der Waals surface area (Å²) in [5, 5.41) is 20.0. The Balaban J connectivity index is 2.53. The number of carboxylic acids is 1. The van der Waals surface area contributed by atoms with Gasteiger partial charge in [0.1, 0.15) is 6.54 Å². The van der Waals surface area contributed by atoms with E-state index < -0.39 is 33.1 Å². The molecule has 0 aromatic heterocycles. The molecule has 0 saturated carbocycles. The Morgan fingerprint density at radius 3 is 2.31 bits per heavy atom. The van der Waals surface area contributed by atoms with E-state index in [1.807, 2.05) is 13.8 Å². The van der Waals surface area contributed by atoms with Crippen LogP contribution in [0.5, 0.6) is 0 Å². The fourth-order valence-electron chi connectivity index (χ4n) is 2.35. The van der Waals surface area contributed by atoms with Crippen LogP contribution in [0.1, 0.15) is 25.3 Å². The molecule has 1 N–H and O–H groups in total. The quantitative estimate of drug-likeness (QED) is 0.584. The van der Waals surface area contributed by atoms with Crippen molar-refractivity contribution in [2.24, 2.45) is 0 Å². The van der Waals surface area contributed by atoms with Gasteiger partial charge in [-0.3, -0.25) is 19.2 Å². The van der Waals surface area contributed by atoms with Crippen LogP contribution in [0.2, 0.25) is 0 Å². The van der Waals surface area contributed by atoms with Crippen molar-refractivity contribution in [2.45, 2.75) is 24.7 Å². The van der Waals surface area contributed by atoms with Crippen LogP contribution in [0.4, 0.5) is 11.4 Å². The van der Waals surface area contributed by atoms with E-state index in [4.69, 9.17) is 5.11 Å². The van der Waals surface area contributed by atoms with Gasteiger partial charge in [-0.15, -0.1) is 0 Å². The Kier molecular flexibility index (Phi) is 5.61. The standard InChI is InChI=1S/C17H18N2O6S/c1-12(2)13-6-8-14(9-7-13)18(11-17(20)21)26(24,25)16-5-3-4-15(10-16)19(22)23/h3-10,12H,11H2,1-2H3,(H,20,21). The number of non-ortho nitro benzene ring substituents is 1. The Morgan fingerprint density at radius 1 is 1.19 bits per heavy atom. The summed E-state index contributed by atoms with van der Waals surface area (Å²) in [5.74, 6) is -1.11. The van der Waals surface area contributed by atoms with Crippen molar-refractivity contribution in [1.29, 1.82) is 0 Å². The third-order valence-corrected chi connectivity index (χ3v) is 5.51. The fourth-order valence-corrected chi connectivity index (χ4v) is 3.80. The van der Waals surface area contributed by atoms with Gasteiger partial charge in [0.15, 0.2) is 0 Å². The number of nitro benzene ring substituents is 1. The molecular weight excluding hydrogens is 360 g/mol. The van der Waals surface area contributed by atoms with Crippen LogP contribution in [0.3, 0.4) is 0 Å².